The quantitative estimate of drug-likeness (QED) is 0.641. The van der Waals surface area contributed by atoms with Crippen molar-refractivity contribution in [3.05, 3.63) is 56.5 Å². The zero-order chi connectivity index (χ0) is 19.6. The van der Waals surface area contributed by atoms with Crippen molar-refractivity contribution >= 4 is 46.7 Å². The average Bonchev–Trinajstić information content (AvgIpc) is 3.16. The van der Waals surface area contributed by atoms with Gasteiger partial charge < -0.3 is 0 Å². The fourth-order valence-electron chi connectivity index (χ4n) is 2.54. The lowest BCUT2D eigenvalue weighted by Crippen LogP contribution is -2.16. The summed E-state index contributed by atoms with van der Waals surface area (Å²) in [5, 5.41) is 12.8. The Morgan fingerprint density at radius 2 is 1.93 bits per heavy atom. The van der Waals surface area contributed by atoms with Crippen LogP contribution in [0.1, 0.15) is 23.4 Å². The molecule has 0 fully saturated rings. The SMILES string of the molecule is Cc1nn(CCC(=O)Nc2ncn(Cc3ccc(Cl)c(Cl)c3)n2)c(C)c1Cl. The van der Waals surface area contributed by atoms with Gasteiger partial charge in [0, 0.05) is 6.42 Å². The largest absolute Gasteiger partial charge is 0.293 e. The summed E-state index contributed by atoms with van der Waals surface area (Å²) >= 11 is 18.0. The van der Waals surface area contributed by atoms with Crippen LogP contribution in [0.25, 0.3) is 0 Å². The van der Waals surface area contributed by atoms with Gasteiger partial charge in [-0.05, 0) is 31.5 Å². The molecule has 2 heterocycles. The molecular weight excluding hydrogens is 411 g/mol. The van der Waals surface area contributed by atoms with E-state index in [1.165, 1.54) is 0 Å². The molecule has 0 unspecified atom stereocenters. The molecule has 0 bridgehead atoms. The third-order valence-corrected chi connectivity index (χ3v) is 5.25. The van der Waals surface area contributed by atoms with E-state index in [2.05, 4.69) is 20.5 Å². The molecule has 3 rings (SSSR count). The first-order valence-electron chi connectivity index (χ1n) is 8.16. The molecule has 27 heavy (non-hydrogen) atoms. The molecule has 0 aliphatic carbocycles. The Bertz CT molecular complexity index is 981. The van der Waals surface area contributed by atoms with E-state index in [-0.39, 0.29) is 18.3 Å². The zero-order valence-corrected chi connectivity index (χ0v) is 17.0. The van der Waals surface area contributed by atoms with Crippen molar-refractivity contribution in [2.24, 2.45) is 0 Å². The highest BCUT2D eigenvalue weighted by atomic mass is 35.5. The molecule has 0 aliphatic rings. The number of carbonyl (C=O) groups excluding carboxylic acids is 1. The molecule has 7 nitrogen and oxygen atoms in total. The molecule has 1 amide bonds. The van der Waals surface area contributed by atoms with Crippen molar-refractivity contribution in [2.45, 2.75) is 33.4 Å². The highest BCUT2D eigenvalue weighted by Gasteiger charge is 2.12. The molecule has 2 aromatic heterocycles. The lowest BCUT2D eigenvalue weighted by molar-refractivity contribution is -0.116. The molecule has 10 heteroatoms. The Labute approximate surface area is 171 Å². The second-order valence-corrected chi connectivity index (χ2v) is 7.21. The van der Waals surface area contributed by atoms with Gasteiger partial charge in [0.25, 0.3) is 0 Å². The van der Waals surface area contributed by atoms with E-state index in [9.17, 15) is 4.79 Å². The van der Waals surface area contributed by atoms with Gasteiger partial charge in [-0.2, -0.15) is 5.10 Å². The maximum Gasteiger partial charge on any atom is 0.248 e. The lowest BCUT2D eigenvalue weighted by atomic mass is 10.2. The minimum Gasteiger partial charge on any atom is -0.293 e. The Balaban J connectivity index is 1.55. The van der Waals surface area contributed by atoms with E-state index in [0.717, 1.165) is 17.0 Å². The van der Waals surface area contributed by atoms with Crippen molar-refractivity contribution in [2.75, 3.05) is 5.32 Å². The van der Waals surface area contributed by atoms with Gasteiger partial charge in [0.05, 0.1) is 39.5 Å². The summed E-state index contributed by atoms with van der Waals surface area (Å²) in [5.74, 6) is 0.0393. The topological polar surface area (TPSA) is 77.6 Å². The molecule has 0 spiro atoms. The molecule has 142 valence electrons. The van der Waals surface area contributed by atoms with Crippen molar-refractivity contribution in [3.8, 4) is 0 Å². The van der Waals surface area contributed by atoms with Gasteiger partial charge in [-0.1, -0.05) is 40.9 Å². The standard InChI is InChI=1S/C17H17Cl3N6O/c1-10-16(20)11(2)26(23-10)6-5-15(27)22-17-21-9-25(24-17)8-12-3-4-13(18)14(19)7-12/h3-4,7,9H,5-6,8H2,1-2H3,(H,22,24,27). The fourth-order valence-corrected chi connectivity index (χ4v) is 3.00. The third kappa shape index (κ3) is 4.80. The number of rotatable bonds is 6. The average molecular weight is 428 g/mol. The Morgan fingerprint density at radius 1 is 1.15 bits per heavy atom. The zero-order valence-electron chi connectivity index (χ0n) is 14.7. The van der Waals surface area contributed by atoms with E-state index in [1.807, 2.05) is 19.9 Å². The maximum atomic E-state index is 12.1. The summed E-state index contributed by atoms with van der Waals surface area (Å²) in [5.41, 5.74) is 2.51. The first kappa shape index (κ1) is 19.7. The number of amides is 1. The van der Waals surface area contributed by atoms with E-state index in [4.69, 9.17) is 34.8 Å². The van der Waals surface area contributed by atoms with Crippen LogP contribution >= 0.6 is 34.8 Å². The number of anilines is 1. The molecule has 0 aliphatic heterocycles. The van der Waals surface area contributed by atoms with Gasteiger partial charge in [-0.15, -0.1) is 5.10 Å². The number of nitrogens with one attached hydrogen (secondary N) is 1. The fraction of sp³-hybridized carbons (Fsp3) is 0.294. The Kier molecular flexibility index (Phi) is 6.04. The summed E-state index contributed by atoms with van der Waals surface area (Å²) in [7, 11) is 0. The molecule has 0 saturated carbocycles. The number of nitrogens with zero attached hydrogens (tertiary/aromatic N) is 5. The second kappa shape index (κ2) is 8.29. The van der Waals surface area contributed by atoms with Crippen molar-refractivity contribution < 1.29 is 4.79 Å². The summed E-state index contributed by atoms with van der Waals surface area (Å²) in [6.45, 7) is 4.59. The molecule has 3 aromatic rings. The van der Waals surface area contributed by atoms with Gasteiger partial charge in [-0.25, -0.2) is 9.67 Å². The molecule has 1 N–H and O–H groups in total. The van der Waals surface area contributed by atoms with Gasteiger partial charge >= 0.3 is 0 Å². The summed E-state index contributed by atoms with van der Waals surface area (Å²) in [6.07, 6.45) is 1.78. The lowest BCUT2D eigenvalue weighted by Gasteiger charge is -2.04. The summed E-state index contributed by atoms with van der Waals surface area (Å²) in [6, 6.07) is 5.35. The molecule has 1 aromatic carbocycles. The van der Waals surface area contributed by atoms with Crippen LogP contribution in [0, 0.1) is 13.8 Å². The molecule has 0 atom stereocenters. The third-order valence-electron chi connectivity index (χ3n) is 3.96. The van der Waals surface area contributed by atoms with E-state index < -0.39 is 0 Å². The van der Waals surface area contributed by atoms with Gasteiger partial charge in [-0.3, -0.25) is 14.8 Å². The maximum absolute atomic E-state index is 12.1. The van der Waals surface area contributed by atoms with Crippen LogP contribution in [-0.4, -0.2) is 30.5 Å². The number of halogens is 3. The van der Waals surface area contributed by atoms with Gasteiger partial charge in [0.2, 0.25) is 11.9 Å². The van der Waals surface area contributed by atoms with Gasteiger partial charge in [0.15, 0.2) is 0 Å². The van der Waals surface area contributed by atoms with Crippen LogP contribution in [-0.2, 0) is 17.9 Å². The smallest absolute Gasteiger partial charge is 0.248 e. The summed E-state index contributed by atoms with van der Waals surface area (Å²) in [4.78, 5) is 16.2. The number of hydrogen-bond acceptors (Lipinski definition) is 4. The van der Waals surface area contributed by atoms with Crippen LogP contribution in [0.3, 0.4) is 0 Å². The van der Waals surface area contributed by atoms with Crippen molar-refractivity contribution in [1.29, 1.82) is 0 Å². The number of benzene rings is 1. The van der Waals surface area contributed by atoms with E-state index >= 15 is 0 Å². The minimum atomic E-state index is -0.203. The van der Waals surface area contributed by atoms with Gasteiger partial charge in [0.1, 0.15) is 6.33 Å². The summed E-state index contributed by atoms with van der Waals surface area (Å²) < 4.78 is 3.32. The highest BCUT2D eigenvalue weighted by molar-refractivity contribution is 6.42. The molecule has 0 radical (unpaired) electrons. The first-order chi connectivity index (χ1) is 12.8. The van der Waals surface area contributed by atoms with Crippen LogP contribution in [0.4, 0.5) is 5.95 Å². The monoisotopic (exact) mass is 426 g/mol. The van der Waals surface area contributed by atoms with Crippen molar-refractivity contribution in [3.63, 3.8) is 0 Å². The molecule has 0 saturated heterocycles. The Hall–Kier alpha value is -2.09. The molecular formula is C17H17Cl3N6O. The van der Waals surface area contributed by atoms with Crippen LogP contribution in [0.2, 0.25) is 15.1 Å². The van der Waals surface area contributed by atoms with Crippen molar-refractivity contribution in [1.82, 2.24) is 24.5 Å². The number of carbonyl (C=O) groups is 1. The predicted molar refractivity (Wildman–Crippen MR) is 106 cm³/mol. The predicted octanol–water partition coefficient (Wildman–Crippen LogP) is 4.13. The van der Waals surface area contributed by atoms with E-state index in [0.29, 0.717) is 28.2 Å². The second-order valence-electron chi connectivity index (χ2n) is 6.02. The van der Waals surface area contributed by atoms with Crippen LogP contribution < -0.4 is 5.32 Å². The number of aromatic nitrogens is 5. The van der Waals surface area contributed by atoms with Crippen LogP contribution in [0.5, 0.6) is 0 Å². The van der Waals surface area contributed by atoms with Crippen LogP contribution in [0.15, 0.2) is 24.5 Å². The normalized spacial score (nSPS) is 11.0. The highest BCUT2D eigenvalue weighted by Crippen LogP contribution is 2.23. The van der Waals surface area contributed by atoms with E-state index in [1.54, 1.807) is 27.8 Å². The number of hydrogen-bond donors (Lipinski definition) is 1. The Morgan fingerprint density at radius 3 is 2.59 bits per heavy atom. The number of aryl methyl sites for hydroxylation is 2. The minimum absolute atomic E-state index is 0.203. The first-order valence-corrected chi connectivity index (χ1v) is 9.29.